The van der Waals surface area contributed by atoms with Crippen LogP contribution in [0.4, 0.5) is 10.1 Å². The van der Waals surface area contributed by atoms with Gasteiger partial charge in [0.2, 0.25) is 0 Å². The minimum Gasteiger partial charge on any atom is -0.488 e. The van der Waals surface area contributed by atoms with E-state index in [0.29, 0.717) is 15.9 Å². The lowest BCUT2D eigenvalue weighted by molar-refractivity contribution is 0.0595. The van der Waals surface area contributed by atoms with Gasteiger partial charge in [-0.2, -0.15) is 0 Å². The number of methoxy groups -OCH3 is 1. The van der Waals surface area contributed by atoms with Crippen LogP contribution in [-0.4, -0.2) is 13.1 Å². The van der Waals surface area contributed by atoms with Crippen molar-refractivity contribution >= 4 is 27.6 Å². The molecule has 2 N–H and O–H groups in total. The van der Waals surface area contributed by atoms with Crippen molar-refractivity contribution in [2.24, 2.45) is 0 Å². The number of hydrogen-bond donors (Lipinski definition) is 1. The summed E-state index contributed by atoms with van der Waals surface area (Å²) in [5, 5.41) is 0. The van der Waals surface area contributed by atoms with Gasteiger partial charge in [0.1, 0.15) is 23.7 Å². The zero-order chi connectivity index (χ0) is 15.4. The van der Waals surface area contributed by atoms with Crippen LogP contribution in [0.5, 0.6) is 5.75 Å². The minimum atomic E-state index is -0.509. The van der Waals surface area contributed by atoms with Crippen LogP contribution in [0.25, 0.3) is 0 Å². The SMILES string of the molecule is COC(=O)c1ccc(N)cc1OCc1ccc(F)c(Br)c1. The van der Waals surface area contributed by atoms with Crippen molar-refractivity contribution in [3.8, 4) is 5.75 Å². The van der Waals surface area contributed by atoms with Crippen molar-refractivity contribution < 1.29 is 18.7 Å². The Morgan fingerprint density at radius 1 is 1.29 bits per heavy atom. The zero-order valence-electron chi connectivity index (χ0n) is 11.2. The molecule has 0 radical (unpaired) electrons. The number of benzene rings is 2. The van der Waals surface area contributed by atoms with Gasteiger partial charge in [-0.15, -0.1) is 0 Å². The first-order valence-electron chi connectivity index (χ1n) is 6.06. The molecule has 110 valence electrons. The van der Waals surface area contributed by atoms with E-state index in [9.17, 15) is 9.18 Å². The van der Waals surface area contributed by atoms with Gasteiger partial charge in [0.15, 0.2) is 0 Å². The highest BCUT2D eigenvalue weighted by Crippen LogP contribution is 2.24. The third kappa shape index (κ3) is 3.72. The molecule has 0 unspecified atom stereocenters. The van der Waals surface area contributed by atoms with Gasteiger partial charge in [-0.1, -0.05) is 6.07 Å². The third-order valence-corrected chi connectivity index (χ3v) is 3.40. The van der Waals surface area contributed by atoms with Crippen LogP contribution in [0.1, 0.15) is 15.9 Å². The van der Waals surface area contributed by atoms with E-state index in [-0.39, 0.29) is 18.0 Å². The van der Waals surface area contributed by atoms with Gasteiger partial charge in [-0.3, -0.25) is 0 Å². The molecule has 0 bridgehead atoms. The molecule has 0 aliphatic heterocycles. The van der Waals surface area contributed by atoms with Gasteiger partial charge in [0.05, 0.1) is 11.6 Å². The van der Waals surface area contributed by atoms with Crippen molar-refractivity contribution in [2.75, 3.05) is 12.8 Å². The number of esters is 1. The number of ether oxygens (including phenoxy) is 2. The molecule has 0 amide bonds. The summed E-state index contributed by atoms with van der Waals surface area (Å²) in [5.74, 6) is -0.537. The number of nitrogen functional groups attached to an aromatic ring is 1. The van der Waals surface area contributed by atoms with Crippen LogP contribution in [0, 0.1) is 5.82 Å². The Bertz CT molecular complexity index is 676. The van der Waals surface area contributed by atoms with E-state index in [4.69, 9.17) is 10.5 Å². The maximum Gasteiger partial charge on any atom is 0.341 e. The fourth-order valence-electron chi connectivity index (χ4n) is 1.73. The number of carbonyl (C=O) groups is 1. The Morgan fingerprint density at radius 3 is 2.71 bits per heavy atom. The number of anilines is 1. The Labute approximate surface area is 129 Å². The van der Waals surface area contributed by atoms with Crippen molar-refractivity contribution in [1.29, 1.82) is 0 Å². The first-order valence-corrected chi connectivity index (χ1v) is 6.85. The standard InChI is InChI=1S/C15H13BrFNO3/c1-20-15(19)11-4-3-10(18)7-14(11)21-8-9-2-5-13(17)12(16)6-9/h2-7H,8,18H2,1H3. The summed E-state index contributed by atoms with van der Waals surface area (Å²) in [6.07, 6.45) is 0. The maximum absolute atomic E-state index is 13.2. The van der Waals surface area contributed by atoms with Gasteiger partial charge in [0.25, 0.3) is 0 Å². The predicted molar refractivity (Wildman–Crippen MR) is 80.6 cm³/mol. The van der Waals surface area contributed by atoms with E-state index >= 15 is 0 Å². The Morgan fingerprint density at radius 2 is 2.05 bits per heavy atom. The lowest BCUT2D eigenvalue weighted by atomic mass is 10.2. The summed E-state index contributed by atoms with van der Waals surface area (Å²) in [6, 6.07) is 9.22. The van der Waals surface area contributed by atoms with Crippen LogP contribution >= 0.6 is 15.9 Å². The van der Waals surface area contributed by atoms with E-state index in [2.05, 4.69) is 20.7 Å². The van der Waals surface area contributed by atoms with Gasteiger partial charge < -0.3 is 15.2 Å². The molecule has 0 spiro atoms. The molecule has 2 rings (SSSR count). The molecule has 0 aliphatic rings. The van der Waals surface area contributed by atoms with Gasteiger partial charge in [-0.05, 0) is 45.8 Å². The number of rotatable bonds is 4. The summed E-state index contributed by atoms with van der Waals surface area (Å²) < 4.78 is 23.8. The molecule has 2 aromatic rings. The average Bonchev–Trinajstić information content (AvgIpc) is 2.48. The smallest absolute Gasteiger partial charge is 0.341 e. The van der Waals surface area contributed by atoms with Crippen LogP contribution in [0.2, 0.25) is 0 Å². The van der Waals surface area contributed by atoms with Gasteiger partial charge >= 0.3 is 5.97 Å². The second kappa shape index (κ2) is 6.58. The Balaban J connectivity index is 2.20. The van der Waals surface area contributed by atoms with Crippen LogP contribution in [-0.2, 0) is 11.3 Å². The monoisotopic (exact) mass is 353 g/mol. The maximum atomic E-state index is 13.2. The predicted octanol–water partition coefficient (Wildman–Crippen LogP) is 3.54. The van der Waals surface area contributed by atoms with E-state index in [1.807, 2.05) is 0 Å². The molecule has 0 atom stereocenters. The quantitative estimate of drug-likeness (QED) is 0.674. The van der Waals surface area contributed by atoms with E-state index in [1.165, 1.54) is 19.2 Å². The summed E-state index contributed by atoms with van der Waals surface area (Å²) in [5.41, 5.74) is 7.20. The molecule has 0 fully saturated rings. The molecular weight excluding hydrogens is 341 g/mol. The molecule has 0 saturated carbocycles. The zero-order valence-corrected chi connectivity index (χ0v) is 12.8. The number of carbonyl (C=O) groups excluding carboxylic acids is 1. The summed E-state index contributed by atoms with van der Waals surface area (Å²) >= 11 is 3.11. The number of halogens is 2. The fourth-order valence-corrected chi connectivity index (χ4v) is 2.15. The van der Waals surface area contributed by atoms with E-state index in [0.717, 1.165) is 5.56 Å². The lowest BCUT2D eigenvalue weighted by Gasteiger charge is -2.11. The minimum absolute atomic E-state index is 0.173. The molecule has 0 saturated heterocycles. The number of nitrogens with two attached hydrogens (primary N) is 1. The molecule has 0 aromatic heterocycles. The van der Waals surface area contributed by atoms with E-state index in [1.54, 1.807) is 24.3 Å². The molecule has 4 nitrogen and oxygen atoms in total. The van der Waals surface area contributed by atoms with Crippen molar-refractivity contribution in [1.82, 2.24) is 0 Å². The second-order valence-corrected chi connectivity index (χ2v) is 5.14. The fraction of sp³-hybridized carbons (Fsp3) is 0.133. The van der Waals surface area contributed by atoms with Crippen molar-refractivity contribution in [3.63, 3.8) is 0 Å². The second-order valence-electron chi connectivity index (χ2n) is 4.28. The third-order valence-electron chi connectivity index (χ3n) is 2.79. The first kappa shape index (κ1) is 15.3. The van der Waals surface area contributed by atoms with Gasteiger partial charge in [-0.25, -0.2) is 9.18 Å². The summed E-state index contributed by atoms with van der Waals surface area (Å²) in [4.78, 5) is 11.7. The van der Waals surface area contributed by atoms with Crippen molar-refractivity contribution in [2.45, 2.75) is 6.61 Å². The highest BCUT2D eigenvalue weighted by atomic mass is 79.9. The van der Waals surface area contributed by atoms with Crippen LogP contribution in [0.15, 0.2) is 40.9 Å². The molecule has 6 heteroatoms. The lowest BCUT2D eigenvalue weighted by Crippen LogP contribution is -2.06. The van der Waals surface area contributed by atoms with E-state index < -0.39 is 5.97 Å². The normalized spacial score (nSPS) is 10.2. The highest BCUT2D eigenvalue weighted by Gasteiger charge is 2.13. The summed E-state index contributed by atoms with van der Waals surface area (Å²) in [7, 11) is 1.29. The highest BCUT2D eigenvalue weighted by molar-refractivity contribution is 9.10. The number of hydrogen-bond acceptors (Lipinski definition) is 4. The molecule has 2 aromatic carbocycles. The Kier molecular flexibility index (Phi) is 4.80. The summed E-state index contributed by atoms with van der Waals surface area (Å²) in [6.45, 7) is 0.173. The van der Waals surface area contributed by atoms with Crippen LogP contribution < -0.4 is 10.5 Å². The molecular formula is C15H13BrFNO3. The van der Waals surface area contributed by atoms with Crippen LogP contribution in [0.3, 0.4) is 0 Å². The topological polar surface area (TPSA) is 61.5 Å². The molecule has 0 heterocycles. The van der Waals surface area contributed by atoms with Crippen molar-refractivity contribution in [3.05, 3.63) is 57.8 Å². The first-order chi connectivity index (χ1) is 10.0. The molecule has 0 aliphatic carbocycles. The Hall–Kier alpha value is -2.08. The van der Waals surface area contributed by atoms with Gasteiger partial charge in [0, 0.05) is 11.8 Å². The largest absolute Gasteiger partial charge is 0.488 e. The molecule has 21 heavy (non-hydrogen) atoms. The average molecular weight is 354 g/mol.